The van der Waals surface area contributed by atoms with Crippen LogP contribution in [0.2, 0.25) is 0 Å². The fourth-order valence-electron chi connectivity index (χ4n) is 2.33. The SMILES string of the molecule is [Na+].[O-]CCCCCCCCCCCCOc1ccccc1. The summed E-state index contributed by atoms with van der Waals surface area (Å²) in [5.74, 6) is 0.977. The molecule has 0 aliphatic heterocycles. The van der Waals surface area contributed by atoms with Crippen LogP contribution >= 0.6 is 0 Å². The predicted molar refractivity (Wildman–Crippen MR) is 83.0 cm³/mol. The van der Waals surface area contributed by atoms with Crippen molar-refractivity contribution < 1.29 is 39.4 Å². The van der Waals surface area contributed by atoms with E-state index < -0.39 is 0 Å². The number of unbranched alkanes of at least 4 members (excludes halogenated alkanes) is 9. The number of para-hydroxylation sites is 1. The molecule has 0 spiro atoms. The van der Waals surface area contributed by atoms with Crippen LogP contribution in [0.15, 0.2) is 30.3 Å². The molecular formula is C18H29NaO2. The summed E-state index contributed by atoms with van der Waals surface area (Å²) >= 11 is 0. The molecule has 0 amide bonds. The molecule has 0 radical (unpaired) electrons. The van der Waals surface area contributed by atoms with Crippen molar-refractivity contribution >= 4 is 0 Å². The summed E-state index contributed by atoms with van der Waals surface area (Å²) in [5.41, 5.74) is 0. The molecule has 0 aliphatic carbocycles. The van der Waals surface area contributed by atoms with E-state index in [1.807, 2.05) is 30.3 Å². The summed E-state index contributed by atoms with van der Waals surface area (Å²) in [6.45, 7) is 0.935. The zero-order valence-corrected chi connectivity index (χ0v) is 15.7. The zero-order valence-electron chi connectivity index (χ0n) is 13.7. The Morgan fingerprint density at radius 3 is 1.67 bits per heavy atom. The molecule has 0 saturated heterocycles. The molecule has 0 bridgehead atoms. The van der Waals surface area contributed by atoms with E-state index in [0.29, 0.717) is 0 Å². The average molecular weight is 300 g/mol. The van der Waals surface area contributed by atoms with E-state index >= 15 is 0 Å². The Hall–Kier alpha value is -0.0200. The van der Waals surface area contributed by atoms with Crippen LogP contribution < -0.4 is 39.4 Å². The summed E-state index contributed by atoms with van der Waals surface area (Å²) in [7, 11) is 0. The smallest absolute Gasteiger partial charge is 0.854 e. The first-order chi connectivity index (χ1) is 9.93. The Labute approximate surface area is 152 Å². The van der Waals surface area contributed by atoms with Gasteiger partial charge in [0.2, 0.25) is 0 Å². The Kier molecular flexibility index (Phi) is 16.3. The van der Waals surface area contributed by atoms with Crippen molar-refractivity contribution in [2.24, 2.45) is 0 Å². The molecule has 3 heteroatoms. The molecule has 21 heavy (non-hydrogen) atoms. The van der Waals surface area contributed by atoms with Gasteiger partial charge in [0.25, 0.3) is 0 Å². The van der Waals surface area contributed by atoms with Crippen molar-refractivity contribution in [3.8, 4) is 5.75 Å². The third-order valence-corrected chi connectivity index (χ3v) is 3.55. The third kappa shape index (κ3) is 13.4. The van der Waals surface area contributed by atoms with Gasteiger partial charge in [-0.2, -0.15) is 0 Å². The largest absolute Gasteiger partial charge is 1.00 e. The minimum absolute atomic E-state index is 0. The molecule has 0 atom stereocenters. The van der Waals surface area contributed by atoms with Gasteiger partial charge in [-0.3, -0.25) is 0 Å². The average Bonchev–Trinajstić information content (AvgIpc) is 2.49. The van der Waals surface area contributed by atoms with Gasteiger partial charge in [0.15, 0.2) is 0 Å². The Morgan fingerprint density at radius 2 is 1.14 bits per heavy atom. The Morgan fingerprint density at radius 1 is 0.667 bits per heavy atom. The molecule has 114 valence electrons. The quantitative estimate of drug-likeness (QED) is 0.407. The Balaban J connectivity index is 0.00000400. The molecule has 1 aromatic rings. The van der Waals surface area contributed by atoms with Crippen LogP contribution in [0.3, 0.4) is 0 Å². The number of hydrogen-bond donors (Lipinski definition) is 0. The first-order valence-electron chi connectivity index (χ1n) is 8.19. The van der Waals surface area contributed by atoms with Crippen molar-refractivity contribution in [1.29, 1.82) is 0 Å². The zero-order chi connectivity index (χ0) is 14.3. The van der Waals surface area contributed by atoms with E-state index in [-0.39, 0.29) is 36.2 Å². The second-order valence-corrected chi connectivity index (χ2v) is 5.40. The van der Waals surface area contributed by atoms with Gasteiger partial charge in [0, 0.05) is 0 Å². The van der Waals surface area contributed by atoms with Crippen molar-refractivity contribution in [3.63, 3.8) is 0 Å². The molecular weight excluding hydrogens is 271 g/mol. The molecule has 1 rings (SSSR count). The van der Waals surface area contributed by atoms with Gasteiger partial charge in [-0.1, -0.05) is 76.0 Å². The van der Waals surface area contributed by atoms with Crippen LogP contribution in [0.5, 0.6) is 5.75 Å². The van der Waals surface area contributed by atoms with E-state index in [0.717, 1.165) is 31.6 Å². The maximum atomic E-state index is 10.3. The van der Waals surface area contributed by atoms with Crippen LogP contribution in [-0.2, 0) is 0 Å². The topological polar surface area (TPSA) is 32.3 Å². The third-order valence-electron chi connectivity index (χ3n) is 3.55. The van der Waals surface area contributed by atoms with Crippen LogP contribution in [0, 0.1) is 0 Å². The number of hydrogen-bond acceptors (Lipinski definition) is 2. The molecule has 0 N–H and O–H groups in total. The number of benzene rings is 1. The van der Waals surface area contributed by atoms with Crippen LogP contribution in [0.25, 0.3) is 0 Å². The summed E-state index contributed by atoms with van der Waals surface area (Å²) in [6.07, 6.45) is 12.3. The van der Waals surface area contributed by atoms with Gasteiger partial charge in [-0.05, 0) is 18.6 Å². The van der Waals surface area contributed by atoms with Crippen LogP contribution in [0.1, 0.15) is 64.2 Å². The molecule has 0 saturated carbocycles. The maximum Gasteiger partial charge on any atom is 1.00 e. The van der Waals surface area contributed by atoms with Gasteiger partial charge in [0.05, 0.1) is 6.61 Å². The molecule has 0 fully saturated rings. The minimum atomic E-state index is 0. The summed E-state index contributed by atoms with van der Waals surface area (Å²) < 4.78 is 5.66. The number of rotatable bonds is 13. The van der Waals surface area contributed by atoms with E-state index in [4.69, 9.17) is 4.74 Å². The molecule has 0 unspecified atom stereocenters. The van der Waals surface area contributed by atoms with E-state index in [1.165, 1.54) is 44.9 Å². The fraction of sp³-hybridized carbons (Fsp3) is 0.667. The van der Waals surface area contributed by atoms with Crippen LogP contribution in [-0.4, -0.2) is 13.2 Å². The molecule has 0 aromatic heterocycles. The summed E-state index contributed by atoms with van der Waals surface area (Å²) in [5, 5.41) is 10.3. The molecule has 0 heterocycles. The monoisotopic (exact) mass is 300 g/mol. The number of ether oxygens (including phenoxy) is 1. The predicted octanol–water partition coefficient (Wildman–Crippen LogP) is 1.33. The van der Waals surface area contributed by atoms with Crippen molar-refractivity contribution in [2.75, 3.05) is 13.2 Å². The molecule has 0 aliphatic rings. The van der Waals surface area contributed by atoms with Gasteiger partial charge in [-0.25, -0.2) is 0 Å². The normalized spacial score (nSPS) is 10.1. The van der Waals surface area contributed by atoms with Crippen molar-refractivity contribution in [1.82, 2.24) is 0 Å². The second-order valence-electron chi connectivity index (χ2n) is 5.40. The van der Waals surface area contributed by atoms with Gasteiger partial charge in [0.1, 0.15) is 5.75 Å². The minimum Gasteiger partial charge on any atom is -0.854 e. The van der Waals surface area contributed by atoms with E-state index in [2.05, 4.69) is 0 Å². The first kappa shape index (κ1) is 21.0. The van der Waals surface area contributed by atoms with E-state index in [1.54, 1.807) is 0 Å². The molecule has 1 aromatic carbocycles. The molecule has 2 nitrogen and oxygen atoms in total. The standard InChI is InChI=1S/C18H29O2.Na/c19-16-12-7-5-3-1-2-4-6-8-13-17-20-18-14-10-9-11-15-18;/h9-11,14-15H,1-8,12-13,16-17H2;/q-1;+1. The van der Waals surface area contributed by atoms with E-state index in [9.17, 15) is 5.11 Å². The Bertz CT molecular complexity index is 303. The fourth-order valence-corrected chi connectivity index (χ4v) is 2.33. The second kappa shape index (κ2) is 16.4. The van der Waals surface area contributed by atoms with Crippen LogP contribution in [0.4, 0.5) is 0 Å². The summed E-state index contributed by atoms with van der Waals surface area (Å²) in [4.78, 5) is 0. The summed E-state index contributed by atoms with van der Waals surface area (Å²) in [6, 6.07) is 10.0. The van der Waals surface area contributed by atoms with Gasteiger partial charge >= 0.3 is 29.6 Å². The van der Waals surface area contributed by atoms with Gasteiger partial charge < -0.3 is 9.84 Å². The first-order valence-corrected chi connectivity index (χ1v) is 8.19. The van der Waals surface area contributed by atoms with Crippen molar-refractivity contribution in [3.05, 3.63) is 30.3 Å². The van der Waals surface area contributed by atoms with Crippen molar-refractivity contribution in [2.45, 2.75) is 64.2 Å². The maximum absolute atomic E-state index is 10.3. The van der Waals surface area contributed by atoms with Gasteiger partial charge in [-0.15, -0.1) is 6.61 Å².